The number of carbonyl (C=O) groups is 1. The summed E-state index contributed by atoms with van der Waals surface area (Å²) >= 11 is 11.4. The molecule has 2 rings (SSSR count). The second-order valence-electron chi connectivity index (χ2n) is 4.18. The van der Waals surface area contributed by atoms with Gasteiger partial charge in [-0.1, -0.05) is 35.3 Å². The predicted molar refractivity (Wildman–Crippen MR) is 75.5 cm³/mol. The number of Topliss-reactive ketones (excluding diaryl/α,β-unsaturated/α-hetero) is 1. The van der Waals surface area contributed by atoms with E-state index in [1.54, 1.807) is 12.1 Å². The second-order valence-corrected chi connectivity index (χ2v) is 5.02. The standard InChI is InChI=1S/C15H11Cl2FO/c16-12-5-1-10(2-6-12)3-8-15(19)11-4-7-14(18)13(17)9-11/h1-2,4-7,9H,3,8H2. The number of carbonyl (C=O) groups excluding carboxylic acids is 1. The van der Waals surface area contributed by atoms with Crippen molar-refractivity contribution in [1.29, 1.82) is 0 Å². The Bertz CT molecular complexity index is 594. The molecule has 0 unspecified atom stereocenters. The first-order chi connectivity index (χ1) is 9.06. The monoisotopic (exact) mass is 296 g/mol. The molecule has 0 aromatic heterocycles. The van der Waals surface area contributed by atoms with Crippen LogP contribution in [0.5, 0.6) is 0 Å². The van der Waals surface area contributed by atoms with E-state index in [9.17, 15) is 9.18 Å². The lowest BCUT2D eigenvalue weighted by Crippen LogP contribution is -2.01. The molecule has 0 saturated carbocycles. The van der Waals surface area contributed by atoms with Gasteiger partial charge >= 0.3 is 0 Å². The molecule has 0 N–H and O–H groups in total. The van der Waals surface area contributed by atoms with Gasteiger partial charge in [-0.3, -0.25) is 4.79 Å². The Kier molecular flexibility index (Phi) is 4.56. The van der Waals surface area contributed by atoms with Crippen LogP contribution in [0.1, 0.15) is 22.3 Å². The van der Waals surface area contributed by atoms with Gasteiger partial charge in [0.05, 0.1) is 5.02 Å². The summed E-state index contributed by atoms with van der Waals surface area (Å²) in [6, 6.07) is 11.4. The summed E-state index contributed by atoms with van der Waals surface area (Å²) < 4.78 is 13.0. The summed E-state index contributed by atoms with van der Waals surface area (Å²) in [6.45, 7) is 0. The molecule has 0 bridgehead atoms. The Morgan fingerprint density at radius 1 is 1.05 bits per heavy atom. The van der Waals surface area contributed by atoms with Gasteiger partial charge in [-0.15, -0.1) is 0 Å². The zero-order valence-electron chi connectivity index (χ0n) is 10.00. The van der Waals surface area contributed by atoms with E-state index in [0.29, 0.717) is 23.4 Å². The van der Waals surface area contributed by atoms with Crippen LogP contribution in [0.15, 0.2) is 42.5 Å². The molecule has 0 spiro atoms. The molecule has 2 aromatic carbocycles. The molecule has 1 nitrogen and oxygen atoms in total. The van der Waals surface area contributed by atoms with Crippen molar-refractivity contribution in [2.45, 2.75) is 12.8 Å². The van der Waals surface area contributed by atoms with E-state index in [2.05, 4.69) is 0 Å². The van der Waals surface area contributed by atoms with Crippen LogP contribution >= 0.6 is 23.2 Å². The first-order valence-corrected chi connectivity index (χ1v) is 6.54. The van der Waals surface area contributed by atoms with Crippen LogP contribution in [0, 0.1) is 5.82 Å². The normalized spacial score (nSPS) is 10.5. The van der Waals surface area contributed by atoms with Crippen molar-refractivity contribution in [1.82, 2.24) is 0 Å². The van der Waals surface area contributed by atoms with E-state index >= 15 is 0 Å². The Labute approximate surface area is 121 Å². The van der Waals surface area contributed by atoms with Gasteiger partial charge in [-0.2, -0.15) is 0 Å². The van der Waals surface area contributed by atoms with Gasteiger partial charge in [-0.05, 0) is 42.3 Å². The summed E-state index contributed by atoms with van der Waals surface area (Å²) in [5.41, 5.74) is 1.46. The molecule has 2 aromatic rings. The van der Waals surface area contributed by atoms with Crippen molar-refractivity contribution in [2.75, 3.05) is 0 Å². The largest absolute Gasteiger partial charge is 0.294 e. The molecule has 0 fully saturated rings. The summed E-state index contributed by atoms with van der Waals surface area (Å²) in [5.74, 6) is -0.576. The molecule has 19 heavy (non-hydrogen) atoms. The van der Waals surface area contributed by atoms with Crippen molar-refractivity contribution in [3.8, 4) is 0 Å². The minimum Gasteiger partial charge on any atom is -0.294 e. The van der Waals surface area contributed by atoms with Crippen LogP contribution in [0.2, 0.25) is 10.0 Å². The second kappa shape index (κ2) is 6.18. The third-order valence-corrected chi connectivity index (χ3v) is 3.34. The van der Waals surface area contributed by atoms with Crippen LogP contribution in [0.25, 0.3) is 0 Å². The predicted octanol–water partition coefficient (Wildman–Crippen LogP) is 4.95. The molecule has 0 amide bonds. The Balaban J connectivity index is 2.01. The zero-order chi connectivity index (χ0) is 13.8. The van der Waals surface area contributed by atoms with Crippen molar-refractivity contribution in [3.05, 3.63) is 69.5 Å². The van der Waals surface area contributed by atoms with E-state index < -0.39 is 5.82 Å². The lowest BCUT2D eigenvalue weighted by molar-refractivity contribution is 0.0983. The maximum atomic E-state index is 13.0. The third-order valence-electron chi connectivity index (χ3n) is 2.80. The molecule has 0 aliphatic carbocycles. The SMILES string of the molecule is O=C(CCc1ccc(Cl)cc1)c1ccc(F)c(Cl)c1. The van der Waals surface area contributed by atoms with Gasteiger partial charge in [0.1, 0.15) is 5.82 Å². The molecule has 98 valence electrons. The fourth-order valence-corrected chi connectivity index (χ4v) is 2.03. The highest BCUT2D eigenvalue weighted by molar-refractivity contribution is 6.31. The molecular weight excluding hydrogens is 286 g/mol. The van der Waals surface area contributed by atoms with Gasteiger partial charge in [0.25, 0.3) is 0 Å². The number of rotatable bonds is 4. The number of hydrogen-bond donors (Lipinski definition) is 0. The van der Waals surface area contributed by atoms with E-state index in [-0.39, 0.29) is 10.8 Å². The van der Waals surface area contributed by atoms with E-state index in [0.717, 1.165) is 5.56 Å². The van der Waals surface area contributed by atoms with Gasteiger partial charge < -0.3 is 0 Å². The third kappa shape index (κ3) is 3.79. The summed E-state index contributed by atoms with van der Waals surface area (Å²) in [4.78, 5) is 11.9. The quantitative estimate of drug-likeness (QED) is 0.730. The van der Waals surface area contributed by atoms with E-state index in [4.69, 9.17) is 23.2 Å². The minimum absolute atomic E-state index is 0.0302. The minimum atomic E-state index is -0.518. The fraction of sp³-hybridized carbons (Fsp3) is 0.133. The summed E-state index contributed by atoms with van der Waals surface area (Å²) in [6.07, 6.45) is 0.967. The first-order valence-electron chi connectivity index (χ1n) is 5.79. The van der Waals surface area contributed by atoms with Crippen molar-refractivity contribution < 1.29 is 9.18 Å². The molecule has 0 atom stereocenters. The Morgan fingerprint density at radius 3 is 2.37 bits per heavy atom. The van der Waals surface area contributed by atoms with Crippen LogP contribution in [-0.2, 0) is 6.42 Å². The van der Waals surface area contributed by atoms with Gasteiger partial charge in [-0.25, -0.2) is 4.39 Å². The number of hydrogen-bond acceptors (Lipinski definition) is 1. The molecule has 0 aliphatic heterocycles. The average Bonchev–Trinajstić information content (AvgIpc) is 2.41. The Morgan fingerprint density at radius 2 is 1.74 bits per heavy atom. The summed E-state index contributed by atoms with van der Waals surface area (Å²) in [5, 5.41) is 0.637. The van der Waals surface area contributed by atoms with E-state index in [1.165, 1.54) is 18.2 Å². The van der Waals surface area contributed by atoms with Gasteiger partial charge in [0, 0.05) is 17.0 Å². The molecule has 0 radical (unpaired) electrons. The van der Waals surface area contributed by atoms with Crippen LogP contribution in [-0.4, -0.2) is 5.78 Å². The number of aryl methyl sites for hydroxylation is 1. The van der Waals surface area contributed by atoms with Crippen LogP contribution in [0.4, 0.5) is 4.39 Å². The smallest absolute Gasteiger partial charge is 0.163 e. The first kappa shape index (κ1) is 14.0. The Hall–Kier alpha value is -1.38. The van der Waals surface area contributed by atoms with Gasteiger partial charge in [0.15, 0.2) is 5.78 Å². The molecule has 0 aliphatic rings. The highest BCUT2D eigenvalue weighted by Crippen LogP contribution is 2.18. The van der Waals surface area contributed by atoms with Crippen LogP contribution < -0.4 is 0 Å². The topological polar surface area (TPSA) is 17.1 Å². The molecule has 0 heterocycles. The highest BCUT2D eigenvalue weighted by Gasteiger charge is 2.09. The van der Waals surface area contributed by atoms with Crippen molar-refractivity contribution in [2.24, 2.45) is 0 Å². The molecule has 4 heteroatoms. The van der Waals surface area contributed by atoms with Crippen molar-refractivity contribution >= 4 is 29.0 Å². The number of ketones is 1. The van der Waals surface area contributed by atoms with Crippen LogP contribution in [0.3, 0.4) is 0 Å². The molecule has 0 saturated heterocycles. The average molecular weight is 297 g/mol. The zero-order valence-corrected chi connectivity index (χ0v) is 11.5. The molecular formula is C15H11Cl2FO. The maximum absolute atomic E-state index is 13.0. The lowest BCUT2D eigenvalue weighted by atomic mass is 10.0. The fourth-order valence-electron chi connectivity index (χ4n) is 1.72. The van der Waals surface area contributed by atoms with E-state index in [1.807, 2.05) is 12.1 Å². The number of halogens is 3. The maximum Gasteiger partial charge on any atom is 0.163 e. The van der Waals surface area contributed by atoms with Crippen molar-refractivity contribution in [3.63, 3.8) is 0 Å². The highest BCUT2D eigenvalue weighted by atomic mass is 35.5. The van der Waals surface area contributed by atoms with Gasteiger partial charge in [0.2, 0.25) is 0 Å². The number of benzene rings is 2. The lowest BCUT2D eigenvalue weighted by Gasteiger charge is -2.03. The summed E-state index contributed by atoms with van der Waals surface area (Å²) in [7, 11) is 0.